The molecule has 0 amide bonds. The fourth-order valence-electron chi connectivity index (χ4n) is 1.84. The van der Waals surface area contributed by atoms with Crippen LogP contribution in [0.25, 0.3) is 0 Å². The number of ether oxygens (including phenoxy) is 1. The van der Waals surface area contributed by atoms with Crippen molar-refractivity contribution in [2.75, 3.05) is 6.61 Å². The van der Waals surface area contributed by atoms with E-state index in [9.17, 15) is 0 Å². The molecule has 0 saturated heterocycles. The van der Waals surface area contributed by atoms with Gasteiger partial charge in [0.25, 0.3) is 0 Å². The summed E-state index contributed by atoms with van der Waals surface area (Å²) < 4.78 is 6.56. The molecule has 17 heavy (non-hydrogen) atoms. The molecule has 0 fully saturated rings. The summed E-state index contributed by atoms with van der Waals surface area (Å²) in [6, 6.07) is 5.55. The second-order valence-corrected chi connectivity index (χ2v) is 5.19. The maximum Gasteiger partial charge on any atom is 0.115 e. The van der Waals surface area contributed by atoms with Gasteiger partial charge in [0.15, 0.2) is 0 Å². The molecule has 0 bridgehead atoms. The molecule has 1 aliphatic rings. The highest BCUT2D eigenvalue weighted by molar-refractivity contribution is 9.10. The minimum absolute atomic E-state index is 0.184. The fraction of sp³-hybridized carbons (Fsp3) is 0.333. The molecule has 92 valence electrons. The van der Waals surface area contributed by atoms with Gasteiger partial charge in [-0.1, -0.05) is 33.6 Å². The van der Waals surface area contributed by atoms with Gasteiger partial charge in [-0.15, -0.1) is 0 Å². The van der Waals surface area contributed by atoms with E-state index in [1.54, 1.807) is 0 Å². The van der Waals surface area contributed by atoms with Crippen molar-refractivity contribution in [1.29, 1.82) is 0 Å². The minimum atomic E-state index is -0.184. The summed E-state index contributed by atoms with van der Waals surface area (Å²) in [5.74, 6) is 6.45. The first-order valence-corrected chi connectivity index (χ1v) is 6.63. The van der Waals surface area contributed by atoms with Crippen LogP contribution in [-0.2, 0) is 4.74 Å². The smallest absolute Gasteiger partial charge is 0.115 e. The van der Waals surface area contributed by atoms with Crippen LogP contribution in [0.15, 0.2) is 34.5 Å². The first-order chi connectivity index (χ1) is 8.22. The lowest BCUT2D eigenvalue weighted by atomic mass is 10.0. The summed E-state index contributed by atoms with van der Waals surface area (Å²) in [7, 11) is 0. The van der Waals surface area contributed by atoms with Crippen molar-refractivity contribution < 1.29 is 4.74 Å². The van der Waals surface area contributed by atoms with E-state index in [-0.39, 0.29) is 6.04 Å². The Morgan fingerprint density at radius 3 is 2.88 bits per heavy atom. The van der Waals surface area contributed by atoms with Crippen molar-refractivity contribution in [2.45, 2.75) is 18.9 Å². The van der Waals surface area contributed by atoms with Crippen LogP contribution in [0.1, 0.15) is 24.4 Å². The number of hydrogen-bond acceptors (Lipinski definition) is 3. The monoisotopic (exact) mass is 316 g/mol. The summed E-state index contributed by atoms with van der Waals surface area (Å²) in [5, 5.41) is 0.664. The van der Waals surface area contributed by atoms with Crippen molar-refractivity contribution in [1.82, 2.24) is 5.43 Å². The fourth-order valence-corrected chi connectivity index (χ4v) is 2.62. The number of allylic oxidation sites excluding steroid dienone is 1. The molecular formula is C12H14BrClN2O. The molecule has 0 aliphatic carbocycles. The highest BCUT2D eigenvalue weighted by Crippen LogP contribution is 2.31. The Hall–Kier alpha value is -0.550. The van der Waals surface area contributed by atoms with Crippen LogP contribution < -0.4 is 11.3 Å². The molecule has 5 heteroatoms. The predicted molar refractivity (Wildman–Crippen MR) is 72.5 cm³/mol. The van der Waals surface area contributed by atoms with Gasteiger partial charge in [-0.25, -0.2) is 5.43 Å². The molecule has 1 aromatic rings. The Labute approximate surface area is 114 Å². The van der Waals surface area contributed by atoms with Crippen LogP contribution in [0.4, 0.5) is 0 Å². The van der Waals surface area contributed by atoms with Crippen LogP contribution in [0, 0.1) is 0 Å². The van der Waals surface area contributed by atoms with Crippen molar-refractivity contribution in [2.24, 2.45) is 5.84 Å². The first-order valence-electron chi connectivity index (χ1n) is 5.46. The third-order valence-corrected chi connectivity index (χ3v) is 3.51. The lowest BCUT2D eigenvalue weighted by Gasteiger charge is -2.24. The molecule has 2 rings (SSSR count). The zero-order chi connectivity index (χ0) is 12.3. The van der Waals surface area contributed by atoms with E-state index >= 15 is 0 Å². The second-order valence-electron chi connectivity index (χ2n) is 3.86. The van der Waals surface area contributed by atoms with Crippen LogP contribution in [0.3, 0.4) is 0 Å². The Balaban J connectivity index is 2.31. The van der Waals surface area contributed by atoms with Gasteiger partial charge in [0.1, 0.15) is 11.8 Å². The molecular weight excluding hydrogens is 304 g/mol. The number of hydrogen-bond donors (Lipinski definition) is 2. The van der Waals surface area contributed by atoms with E-state index in [2.05, 4.69) is 27.4 Å². The number of rotatable bonds is 3. The van der Waals surface area contributed by atoms with Crippen LogP contribution in [0.5, 0.6) is 0 Å². The number of benzene rings is 1. The standard InChI is InChI=1S/C12H14BrClN2O/c13-8-4-5-9(10(14)7-8)12(16-15)11-3-1-2-6-17-11/h3-5,7,12,16H,1-2,6,15H2. The molecule has 3 N–H and O–H groups in total. The highest BCUT2D eigenvalue weighted by Gasteiger charge is 2.20. The quantitative estimate of drug-likeness (QED) is 0.664. The van der Waals surface area contributed by atoms with Gasteiger partial charge < -0.3 is 4.74 Å². The summed E-state index contributed by atoms with van der Waals surface area (Å²) in [6.45, 7) is 0.734. The molecule has 1 heterocycles. The van der Waals surface area contributed by atoms with Gasteiger partial charge in [0.05, 0.1) is 6.61 Å². The molecule has 0 radical (unpaired) electrons. The average Bonchev–Trinajstić information content (AvgIpc) is 2.34. The summed E-state index contributed by atoms with van der Waals surface area (Å²) in [6.07, 6.45) is 4.13. The minimum Gasteiger partial charge on any atom is -0.496 e. The average molecular weight is 318 g/mol. The Morgan fingerprint density at radius 2 is 2.29 bits per heavy atom. The van der Waals surface area contributed by atoms with E-state index in [1.807, 2.05) is 18.2 Å². The normalized spacial score (nSPS) is 17.2. The van der Waals surface area contributed by atoms with E-state index in [4.69, 9.17) is 22.2 Å². The summed E-state index contributed by atoms with van der Waals surface area (Å²) >= 11 is 9.60. The lowest BCUT2D eigenvalue weighted by molar-refractivity contribution is 0.168. The maximum atomic E-state index is 6.21. The maximum absolute atomic E-state index is 6.21. The van der Waals surface area contributed by atoms with Crippen molar-refractivity contribution in [3.05, 3.63) is 45.1 Å². The first kappa shape index (κ1) is 12.9. The molecule has 3 nitrogen and oxygen atoms in total. The predicted octanol–water partition coefficient (Wildman–Crippen LogP) is 3.30. The van der Waals surface area contributed by atoms with Gasteiger partial charge in [0.2, 0.25) is 0 Å². The van der Waals surface area contributed by atoms with Gasteiger partial charge in [-0.2, -0.15) is 0 Å². The van der Waals surface area contributed by atoms with E-state index in [1.165, 1.54) is 0 Å². The molecule has 0 aromatic heterocycles. The SMILES string of the molecule is NNC(C1=CCCCO1)c1ccc(Br)cc1Cl. The molecule has 1 atom stereocenters. The number of nitrogens with two attached hydrogens (primary N) is 1. The summed E-state index contributed by atoms with van der Waals surface area (Å²) in [4.78, 5) is 0. The third kappa shape index (κ3) is 3.01. The van der Waals surface area contributed by atoms with E-state index in [0.717, 1.165) is 35.2 Å². The lowest BCUT2D eigenvalue weighted by Crippen LogP contribution is -2.31. The zero-order valence-electron chi connectivity index (χ0n) is 9.25. The second kappa shape index (κ2) is 5.87. The van der Waals surface area contributed by atoms with Gasteiger partial charge in [-0.05, 0) is 36.6 Å². The third-order valence-electron chi connectivity index (χ3n) is 2.69. The van der Waals surface area contributed by atoms with Gasteiger partial charge in [0, 0.05) is 9.50 Å². The van der Waals surface area contributed by atoms with E-state index in [0.29, 0.717) is 5.02 Å². The Kier molecular flexibility index (Phi) is 4.45. The van der Waals surface area contributed by atoms with Gasteiger partial charge in [-0.3, -0.25) is 5.84 Å². The van der Waals surface area contributed by atoms with Crippen molar-refractivity contribution in [3.8, 4) is 0 Å². The van der Waals surface area contributed by atoms with Crippen molar-refractivity contribution in [3.63, 3.8) is 0 Å². The van der Waals surface area contributed by atoms with E-state index < -0.39 is 0 Å². The Bertz CT molecular complexity index is 437. The number of hydrazine groups is 1. The molecule has 0 spiro atoms. The number of nitrogens with one attached hydrogen (secondary N) is 1. The highest BCUT2D eigenvalue weighted by atomic mass is 79.9. The molecule has 0 saturated carbocycles. The van der Waals surface area contributed by atoms with Gasteiger partial charge >= 0.3 is 0 Å². The van der Waals surface area contributed by atoms with Crippen LogP contribution in [0.2, 0.25) is 5.02 Å². The summed E-state index contributed by atoms with van der Waals surface area (Å²) in [5.41, 5.74) is 3.68. The van der Waals surface area contributed by atoms with Crippen molar-refractivity contribution >= 4 is 27.5 Å². The molecule has 1 aromatic carbocycles. The topological polar surface area (TPSA) is 47.3 Å². The van der Waals surface area contributed by atoms with Crippen LogP contribution in [-0.4, -0.2) is 6.61 Å². The molecule has 1 aliphatic heterocycles. The molecule has 1 unspecified atom stereocenters. The largest absolute Gasteiger partial charge is 0.496 e. The Morgan fingerprint density at radius 1 is 1.47 bits per heavy atom. The van der Waals surface area contributed by atoms with Crippen LogP contribution >= 0.6 is 27.5 Å². The zero-order valence-corrected chi connectivity index (χ0v) is 11.6. The number of halogens is 2.